The quantitative estimate of drug-likeness (QED) is 0.789. The standard InChI is InChI=1S/C12H9BrCl2N2O/c1-17-12(8(13)6-16-17)11(18)5-7-9(14)3-2-4-10(7)15/h2-4,6H,5H2,1H3. The van der Waals surface area contributed by atoms with Crippen LogP contribution < -0.4 is 0 Å². The van der Waals surface area contributed by atoms with E-state index < -0.39 is 0 Å². The van der Waals surface area contributed by atoms with Crippen LogP contribution in [0.3, 0.4) is 0 Å². The third-order valence-electron chi connectivity index (χ3n) is 2.56. The fourth-order valence-electron chi connectivity index (χ4n) is 1.67. The number of nitrogens with zero attached hydrogens (tertiary/aromatic N) is 2. The highest BCUT2D eigenvalue weighted by Crippen LogP contribution is 2.26. The van der Waals surface area contributed by atoms with Crippen LogP contribution in [0.5, 0.6) is 0 Å². The first-order valence-electron chi connectivity index (χ1n) is 5.14. The summed E-state index contributed by atoms with van der Waals surface area (Å²) in [5.74, 6) is -0.0862. The maximum absolute atomic E-state index is 12.2. The van der Waals surface area contributed by atoms with Gasteiger partial charge in [-0.15, -0.1) is 0 Å². The van der Waals surface area contributed by atoms with Crippen molar-refractivity contribution in [2.24, 2.45) is 7.05 Å². The molecular formula is C12H9BrCl2N2O. The van der Waals surface area contributed by atoms with E-state index in [0.29, 0.717) is 25.8 Å². The molecule has 0 unspecified atom stereocenters. The summed E-state index contributed by atoms with van der Waals surface area (Å²) in [5.41, 5.74) is 1.14. The zero-order valence-electron chi connectivity index (χ0n) is 9.45. The van der Waals surface area contributed by atoms with E-state index in [9.17, 15) is 4.79 Å². The zero-order chi connectivity index (χ0) is 13.3. The Bertz CT molecular complexity index is 570. The molecule has 1 heterocycles. The van der Waals surface area contributed by atoms with Crippen molar-refractivity contribution in [3.05, 3.63) is 50.2 Å². The van der Waals surface area contributed by atoms with Gasteiger partial charge in [-0.05, 0) is 33.6 Å². The Morgan fingerprint density at radius 2 is 2.00 bits per heavy atom. The molecule has 1 aromatic carbocycles. The molecule has 94 valence electrons. The molecule has 0 amide bonds. The summed E-state index contributed by atoms with van der Waals surface area (Å²) < 4.78 is 2.19. The average molecular weight is 348 g/mol. The lowest BCUT2D eigenvalue weighted by atomic mass is 10.1. The van der Waals surface area contributed by atoms with Crippen LogP contribution in [0.25, 0.3) is 0 Å². The third-order valence-corrected chi connectivity index (χ3v) is 3.85. The van der Waals surface area contributed by atoms with Gasteiger partial charge in [-0.2, -0.15) is 5.10 Å². The first-order valence-corrected chi connectivity index (χ1v) is 6.69. The van der Waals surface area contributed by atoms with Gasteiger partial charge in [0.2, 0.25) is 0 Å². The SMILES string of the molecule is Cn1ncc(Br)c1C(=O)Cc1c(Cl)cccc1Cl. The number of hydrogen-bond donors (Lipinski definition) is 0. The van der Waals surface area contributed by atoms with E-state index in [0.717, 1.165) is 0 Å². The number of aromatic nitrogens is 2. The molecule has 0 radical (unpaired) electrons. The molecule has 0 aliphatic heterocycles. The Labute approximate surface area is 123 Å². The molecule has 0 saturated heterocycles. The van der Waals surface area contributed by atoms with E-state index >= 15 is 0 Å². The minimum atomic E-state index is -0.0862. The number of ketones is 1. The van der Waals surface area contributed by atoms with Crippen LogP contribution in [0.1, 0.15) is 16.1 Å². The van der Waals surface area contributed by atoms with E-state index in [2.05, 4.69) is 21.0 Å². The predicted molar refractivity (Wildman–Crippen MR) is 75.4 cm³/mol. The second-order valence-electron chi connectivity index (χ2n) is 3.76. The van der Waals surface area contributed by atoms with Crippen molar-refractivity contribution in [2.45, 2.75) is 6.42 Å². The topological polar surface area (TPSA) is 34.9 Å². The number of benzene rings is 1. The first-order chi connectivity index (χ1) is 8.50. The largest absolute Gasteiger partial charge is 0.292 e. The van der Waals surface area contributed by atoms with Crippen molar-refractivity contribution in [3.63, 3.8) is 0 Å². The molecule has 0 aliphatic carbocycles. The molecule has 0 aliphatic rings. The molecular weight excluding hydrogens is 339 g/mol. The van der Waals surface area contributed by atoms with Gasteiger partial charge in [0.1, 0.15) is 5.69 Å². The van der Waals surface area contributed by atoms with E-state index in [1.165, 1.54) is 4.68 Å². The Morgan fingerprint density at radius 1 is 1.39 bits per heavy atom. The van der Waals surface area contributed by atoms with E-state index in [1.54, 1.807) is 31.4 Å². The molecule has 0 saturated carbocycles. The minimum Gasteiger partial charge on any atom is -0.292 e. The van der Waals surface area contributed by atoms with Crippen molar-refractivity contribution < 1.29 is 4.79 Å². The Balaban J connectivity index is 2.33. The van der Waals surface area contributed by atoms with Crippen LogP contribution in [0, 0.1) is 0 Å². The minimum absolute atomic E-state index is 0.0862. The summed E-state index contributed by atoms with van der Waals surface area (Å²) in [6.07, 6.45) is 1.73. The van der Waals surface area contributed by atoms with E-state index in [4.69, 9.17) is 23.2 Å². The Morgan fingerprint density at radius 3 is 2.50 bits per heavy atom. The lowest BCUT2D eigenvalue weighted by molar-refractivity contribution is 0.0983. The Kier molecular flexibility index (Phi) is 4.10. The number of halogens is 3. The second-order valence-corrected chi connectivity index (χ2v) is 5.43. The molecule has 18 heavy (non-hydrogen) atoms. The molecule has 0 N–H and O–H groups in total. The monoisotopic (exact) mass is 346 g/mol. The Hall–Kier alpha value is -0.840. The van der Waals surface area contributed by atoms with Crippen LogP contribution in [0.2, 0.25) is 10.0 Å². The predicted octanol–water partition coefficient (Wildman–Crippen LogP) is 3.91. The molecule has 6 heteroatoms. The van der Waals surface area contributed by atoms with E-state index in [1.807, 2.05) is 0 Å². The number of aryl methyl sites for hydroxylation is 1. The van der Waals surface area contributed by atoms with Gasteiger partial charge in [-0.3, -0.25) is 9.48 Å². The zero-order valence-corrected chi connectivity index (χ0v) is 12.6. The van der Waals surface area contributed by atoms with Crippen LogP contribution >= 0.6 is 39.1 Å². The number of carbonyl (C=O) groups is 1. The van der Waals surface area contributed by atoms with Crippen LogP contribution in [-0.2, 0) is 13.5 Å². The summed E-state index contributed by atoms with van der Waals surface area (Å²) >= 11 is 15.4. The summed E-state index contributed by atoms with van der Waals surface area (Å²) in [6, 6.07) is 5.18. The summed E-state index contributed by atoms with van der Waals surface area (Å²) in [6.45, 7) is 0. The molecule has 2 rings (SSSR count). The van der Waals surface area contributed by atoms with Gasteiger partial charge in [0, 0.05) is 23.5 Å². The molecule has 1 aromatic heterocycles. The highest BCUT2D eigenvalue weighted by Gasteiger charge is 2.18. The lowest BCUT2D eigenvalue weighted by Gasteiger charge is -2.06. The van der Waals surface area contributed by atoms with Gasteiger partial charge in [0.05, 0.1) is 10.7 Å². The van der Waals surface area contributed by atoms with Crippen molar-refractivity contribution in [2.75, 3.05) is 0 Å². The molecule has 0 fully saturated rings. The van der Waals surface area contributed by atoms with Crippen molar-refractivity contribution in [1.29, 1.82) is 0 Å². The number of rotatable bonds is 3. The number of carbonyl (C=O) groups excluding carboxylic acids is 1. The van der Waals surface area contributed by atoms with E-state index in [-0.39, 0.29) is 12.2 Å². The fraction of sp³-hybridized carbons (Fsp3) is 0.167. The molecule has 2 aromatic rings. The highest BCUT2D eigenvalue weighted by atomic mass is 79.9. The van der Waals surface area contributed by atoms with Gasteiger partial charge in [0.25, 0.3) is 0 Å². The van der Waals surface area contributed by atoms with Gasteiger partial charge >= 0.3 is 0 Å². The normalized spacial score (nSPS) is 10.7. The summed E-state index contributed by atoms with van der Waals surface area (Å²) in [5, 5.41) is 5.00. The highest BCUT2D eigenvalue weighted by molar-refractivity contribution is 9.10. The molecule has 0 spiro atoms. The fourth-order valence-corrected chi connectivity index (χ4v) is 2.77. The third kappa shape index (κ3) is 2.60. The summed E-state index contributed by atoms with van der Waals surface area (Å²) in [4.78, 5) is 12.2. The van der Waals surface area contributed by atoms with Gasteiger partial charge in [-0.1, -0.05) is 29.3 Å². The first kappa shape index (κ1) is 13.6. The van der Waals surface area contributed by atoms with Crippen LogP contribution in [0.15, 0.2) is 28.9 Å². The van der Waals surface area contributed by atoms with Crippen molar-refractivity contribution in [3.8, 4) is 0 Å². The van der Waals surface area contributed by atoms with Gasteiger partial charge in [-0.25, -0.2) is 0 Å². The average Bonchev–Trinajstić information content (AvgIpc) is 2.64. The molecule has 0 bridgehead atoms. The molecule has 3 nitrogen and oxygen atoms in total. The summed E-state index contributed by atoms with van der Waals surface area (Å²) in [7, 11) is 1.71. The van der Waals surface area contributed by atoms with Gasteiger partial charge in [0.15, 0.2) is 5.78 Å². The maximum Gasteiger partial charge on any atom is 0.186 e. The van der Waals surface area contributed by atoms with Crippen molar-refractivity contribution in [1.82, 2.24) is 9.78 Å². The second kappa shape index (κ2) is 5.43. The van der Waals surface area contributed by atoms with Gasteiger partial charge < -0.3 is 0 Å². The van der Waals surface area contributed by atoms with Crippen LogP contribution in [0.4, 0.5) is 0 Å². The number of hydrogen-bond acceptors (Lipinski definition) is 2. The number of Topliss-reactive ketones (excluding diaryl/α,β-unsaturated/α-hetero) is 1. The lowest BCUT2D eigenvalue weighted by Crippen LogP contribution is -2.11. The van der Waals surface area contributed by atoms with Crippen LogP contribution in [-0.4, -0.2) is 15.6 Å². The molecule has 0 atom stereocenters. The van der Waals surface area contributed by atoms with Crippen molar-refractivity contribution >= 4 is 44.9 Å². The smallest absolute Gasteiger partial charge is 0.186 e. The maximum atomic E-state index is 12.2.